The van der Waals surface area contributed by atoms with Crippen molar-refractivity contribution in [2.75, 3.05) is 13.7 Å². The van der Waals surface area contributed by atoms with Gasteiger partial charge in [-0.1, -0.05) is 5.16 Å². The van der Waals surface area contributed by atoms with E-state index in [1.165, 1.54) is 0 Å². The van der Waals surface area contributed by atoms with Crippen LogP contribution in [0.1, 0.15) is 5.56 Å². The summed E-state index contributed by atoms with van der Waals surface area (Å²) < 4.78 is 15.9. The van der Waals surface area contributed by atoms with Crippen molar-refractivity contribution < 1.29 is 23.8 Å². The molecule has 0 amide bonds. The van der Waals surface area contributed by atoms with E-state index in [4.69, 9.17) is 19.0 Å². The molecule has 0 aromatic heterocycles. The molecule has 0 radical (unpaired) electrons. The maximum absolute atomic E-state index is 12.3. The minimum absolute atomic E-state index is 0.115. The van der Waals surface area contributed by atoms with Gasteiger partial charge < -0.3 is 19.0 Å². The van der Waals surface area contributed by atoms with Crippen molar-refractivity contribution in [3.8, 4) is 5.75 Å². The number of methoxy groups -OCH3 is 1. The molecule has 2 bridgehead atoms. The average Bonchev–Trinajstić information content (AvgIpc) is 3.11. The number of oxime groups is 1. The molecule has 3 aliphatic heterocycles. The molecule has 0 spiro atoms. The molecule has 3 aliphatic rings. The van der Waals surface area contributed by atoms with Gasteiger partial charge in [-0.15, -0.1) is 0 Å². The van der Waals surface area contributed by atoms with Crippen LogP contribution in [0, 0.1) is 5.92 Å². The molecule has 4 atom stereocenters. The molecule has 3 heterocycles. The predicted octanol–water partition coefficient (Wildman–Crippen LogP) is 0.738. The predicted molar refractivity (Wildman–Crippen MR) is 67.5 cm³/mol. The molecule has 20 heavy (non-hydrogen) atoms. The summed E-state index contributed by atoms with van der Waals surface area (Å²) >= 11 is 0. The van der Waals surface area contributed by atoms with Gasteiger partial charge in [0.25, 0.3) is 0 Å². The number of ketones is 1. The molecule has 1 aromatic rings. The van der Waals surface area contributed by atoms with Gasteiger partial charge in [-0.2, -0.15) is 0 Å². The molecule has 2 saturated heterocycles. The lowest BCUT2D eigenvalue weighted by atomic mass is 9.85. The number of Topliss-reactive ketones (excluding diaryl/α,β-unsaturated/α-hetero) is 1. The van der Waals surface area contributed by atoms with Crippen molar-refractivity contribution in [2.45, 2.75) is 18.5 Å². The third-order valence-corrected chi connectivity index (χ3v) is 3.90. The smallest absolute Gasteiger partial charge is 0.219 e. The average molecular weight is 275 g/mol. The van der Waals surface area contributed by atoms with Crippen LogP contribution in [-0.4, -0.2) is 43.7 Å². The van der Waals surface area contributed by atoms with Crippen LogP contribution >= 0.6 is 0 Å². The Morgan fingerprint density at radius 2 is 2.10 bits per heavy atom. The van der Waals surface area contributed by atoms with Crippen LogP contribution in [0.2, 0.25) is 0 Å². The largest absolute Gasteiger partial charge is 0.497 e. The van der Waals surface area contributed by atoms with Gasteiger partial charge >= 0.3 is 0 Å². The van der Waals surface area contributed by atoms with Crippen LogP contribution in [0.15, 0.2) is 29.4 Å². The second-order valence-corrected chi connectivity index (χ2v) is 4.99. The Morgan fingerprint density at radius 3 is 2.85 bits per heavy atom. The fourth-order valence-corrected chi connectivity index (χ4v) is 2.85. The second kappa shape index (κ2) is 4.29. The summed E-state index contributed by atoms with van der Waals surface area (Å²) in [6, 6.07) is 7.41. The zero-order valence-electron chi connectivity index (χ0n) is 10.8. The van der Waals surface area contributed by atoms with Gasteiger partial charge in [0.15, 0.2) is 6.10 Å². The van der Waals surface area contributed by atoms with Crippen molar-refractivity contribution in [2.24, 2.45) is 11.1 Å². The molecule has 104 valence electrons. The number of ether oxygens (including phenoxy) is 3. The van der Waals surface area contributed by atoms with Gasteiger partial charge in [0.05, 0.1) is 13.7 Å². The van der Waals surface area contributed by atoms with Gasteiger partial charge in [0.2, 0.25) is 12.1 Å². The zero-order valence-corrected chi connectivity index (χ0v) is 10.8. The Labute approximate surface area is 115 Å². The van der Waals surface area contributed by atoms with Gasteiger partial charge in [0, 0.05) is 5.56 Å². The van der Waals surface area contributed by atoms with E-state index < -0.39 is 12.2 Å². The lowest BCUT2D eigenvalue weighted by Crippen LogP contribution is -2.48. The summed E-state index contributed by atoms with van der Waals surface area (Å²) in [6.07, 6.45) is -1.37. The molecule has 2 fully saturated rings. The van der Waals surface area contributed by atoms with Crippen molar-refractivity contribution in [3.05, 3.63) is 29.8 Å². The first-order chi connectivity index (χ1) is 9.78. The van der Waals surface area contributed by atoms with Crippen LogP contribution in [0.3, 0.4) is 0 Å². The maximum Gasteiger partial charge on any atom is 0.219 e. The van der Waals surface area contributed by atoms with Crippen molar-refractivity contribution in [1.82, 2.24) is 0 Å². The fraction of sp³-hybridized carbons (Fsp3) is 0.429. The second-order valence-electron chi connectivity index (χ2n) is 4.99. The monoisotopic (exact) mass is 275 g/mol. The van der Waals surface area contributed by atoms with Crippen LogP contribution in [0.4, 0.5) is 0 Å². The van der Waals surface area contributed by atoms with E-state index in [2.05, 4.69) is 5.16 Å². The number of benzene rings is 1. The molecular weight excluding hydrogens is 262 g/mol. The molecule has 6 heteroatoms. The Balaban J connectivity index is 1.67. The number of hydrogen-bond acceptors (Lipinski definition) is 6. The maximum atomic E-state index is 12.3. The van der Waals surface area contributed by atoms with E-state index in [1.54, 1.807) is 7.11 Å². The standard InChI is InChI=1S/C14H13NO5/c1-17-8-4-2-7(3-5-8)11-10-12(16)14-18-6-9(19-14)13(10)20-15-11/h2-5,9-10,13-14H,6H2,1H3/t9-,10+,13-,14+/m1/s1. The number of fused-ring (bicyclic) bond motifs is 4. The zero-order chi connectivity index (χ0) is 13.7. The van der Waals surface area contributed by atoms with Crippen LogP contribution in [-0.2, 0) is 19.1 Å². The highest BCUT2D eigenvalue weighted by atomic mass is 16.7. The molecule has 0 saturated carbocycles. The molecular formula is C14H13NO5. The van der Waals surface area contributed by atoms with Crippen LogP contribution < -0.4 is 4.74 Å². The van der Waals surface area contributed by atoms with Gasteiger partial charge in [-0.3, -0.25) is 4.79 Å². The topological polar surface area (TPSA) is 66.4 Å². The Kier molecular flexibility index (Phi) is 2.55. The highest BCUT2D eigenvalue weighted by molar-refractivity contribution is 6.15. The van der Waals surface area contributed by atoms with E-state index in [9.17, 15) is 4.79 Å². The number of nitrogens with zero attached hydrogens (tertiary/aromatic N) is 1. The van der Waals surface area contributed by atoms with E-state index in [1.807, 2.05) is 24.3 Å². The van der Waals surface area contributed by atoms with Crippen molar-refractivity contribution >= 4 is 11.5 Å². The third kappa shape index (κ3) is 1.58. The number of carbonyl (C=O) groups excluding carboxylic acids is 1. The summed E-state index contributed by atoms with van der Waals surface area (Å²) in [6.45, 7) is 0.378. The summed E-state index contributed by atoms with van der Waals surface area (Å²) in [5.74, 6) is 0.233. The van der Waals surface area contributed by atoms with Crippen LogP contribution in [0.25, 0.3) is 0 Å². The van der Waals surface area contributed by atoms with E-state index in [0.29, 0.717) is 12.3 Å². The van der Waals surface area contributed by atoms with E-state index in [-0.39, 0.29) is 18.0 Å². The SMILES string of the molecule is COc1ccc(C2=NO[C@H]3[C@@H]2C(=O)[C@H]2OC[C@H]3O2)cc1. The van der Waals surface area contributed by atoms with Crippen molar-refractivity contribution in [3.63, 3.8) is 0 Å². The molecule has 6 nitrogen and oxygen atoms in total. The lowest BCUT2D eigenvalue weighted by Gasteiger charge is -2.27. The third-order valence-electron chi connectivity index (χ3n) is 3.90. The van der Waals surface area contributed by atoms with E-state index >= 15 is 0 Å². The fourth-order valence-electron chi connectivity index (χ4n) is 2.85. The van der Waals surface area contributed by atoms with Gasteiger partial charge in [-0.25, -0.2) is 0 Å². The summed E-state index contributed by atoms with van der Waals surface area (Å²) in [7, 11) is 1.61. The molecule has 0 unspecified atom stereocenters. The summed E-state index contributed by atoms with van der Waals surface area (Å²) in [5, 5.41) is 4.09. The highest BCUT2D eigenvalue weighted by Gasteiger charge is 2.56. The first kappa shape index (κ1) is 11.9. The van der Waals surface area contributed by atoms with Crippen molar-refractivity contribution in [1.29, 1.82) is 0 Å². The normalized spacial score (nSPS) is 34.5. The highest BCUT2D eigenvalue weighted by Crippen LogP contribution is 2.37. The quantitative estimate of drug-likeness (QED) is 0.796. The van der Waals surface area contributed by atoms with Gasteiger partial charge in [0.1, 0.15) is 23.5 Å². The Morgan fingerprint density at radius 1 is 1.30 bits per heavy atom. The van der Waals surface area contributed by atoms with E-state index in [0.717, 1.165) is 11.3 Å². The minimum Gasteiger partial charge on any atom is -0.497 e. The first-order valence-electron chi connectivity index (χ1n) is 6.47. The Hall–Kier alpha value is -1.92. The molecule has 0 aliphatic carbocycles. The summed E-state index contributed by atoms with van der Waals surface area (Å²) in [4.78, 5) is 17.7. The molecule has 0 N–H and O–H groups in total. The molecule has 4 rings (SSSR count). The number of rotatable bonds is 2. The number of hydrogen-bond donors (Lipinski definition) is 0. The molecule has 1 aromatic carbocycles. The van der Waals surface area contributed by atoms with Gasteiger partial charge in [-0.05, 0) is 24.3 Å². The summed E-state index contributed by atoms with van der Waals surface area (Å²) in [5.41, 5.74) is 1.50. The lowest BCUT2D eigenvalue weighted by molar-refractivity contribution is -0.169. The Bertz CT molecular complexity index is 582. The first-order valence-corrected chi connectivity index (χ1v) is 6.47. The minimum atomic E-state index is -0.772. The number of carbonyl (C=O) groups is 1. The van der Waals surface area contributed by atoms with Crippen LogP contribution in [0.5, 0.6) is 5.75 Å².